The number of thiophene rings is 1. The van der Waals surface area contributed by atoms with E-state index in [9.17, 15) is 0 Å². The van der Waals surface area contributed by atoms with Gasteiger partial charge >= 0.3 is 0 Å². The molecule has 3 heteroatoms. The van der Waals surface area contributed by atoms with Gasteiger partial charge in [0.1, 0.15) is 0 Å². The number of rotatable bonds is 1. The van der Waals surface area contributed by atoms with E-state index in [1.165, 1.54) is 26.4 Å². The molecule has 0 N–H and O–H groups in total. The van der Waals surface area contributed by atoms with Gasteiger partial charge in [-0.2, -0.15) is 5.10 Å². The first-order valence-electron chi connectivity index (χ1n) is 6.68. The minimum Gasteiger partial charge on any atom is -0.240 e. The summed E-state index contributed by atoms with van der Waals surface area (Å²) in [6, 6.07) is 8.46. The molecule has 0 radical (unpaired) electrons. The smallest absolute Gasteiger partial charge is 0.0751 e. The normalized spacial score (nSPS) is 10.4. The number of aromatic nitrogens is 2. The Labute approximate surface area is 118 Å². The van der Waals surface area contributed by atoms with Gasteiger partial charge in [-0.25, -0.2) is 4.52 Å². The van der Waals surface area contributed by atoms with E-state index in [0.717, 1.165) is 5.69 Å². The van der Waals surface area contributed by atoms with Crippen LogP contribution in [0.1, 0.15) is 30.0 Å². The Hall–Kier alpha value is -1.61. The molecule has 19 heavy (non-hydrogen) atoms. The maximum absolute atomic E-state index is 4.55. The van der Waals surface area contributed by atoms with Crippen molar-refractivity contribution in [3.05, 3.63) is 46.6 Å². The first-order chi connectivity index (χ1) is 9.16. The van der Waals surface area contributed by atoms with Gasteiger partial charge in [-0.05, 0) is 44.5 Å². The first kappa shape index (κ1) is 13.8. The fourth-order valence-corrected chi connectivity index (χ4v) is 3.26. The molecule has 0 unspecified atom stereocenters. The quantitative estimate of drug-likeness (QED) is 0.608. The molecule has 0 aliphatic heterocycles. The van der Waals surface area contributed by atoms with Crippen LogP contribution in [0.25, 0.3) is 16.0 Å². The fraction of sp³-hybridized carbons (Fsp3) is 0.312. The Morgan fingerprint density at radius 3 is 2.47 bits per heavy atom. The molecule has 0 saturated heterocycles. The number of hydrogen-bond acceptors (Lipinski definition) is 2. The molecule has 0 aromatic carbocycles. The van der Waals surface area contributed by atoms with Crippen molar-refractivity contribution in [2.75, 3.05) is 0 Å². The largest absolute Gasteiger partial charge is 0.240 e. The summed E-state index contributed by atoms with van der Waals surface area (Å²) < 4.78 is 1.95. The van der Waals surface area contributed by atoms with Crippen molar-refractivity contribution in [2.45, 2.75) is 34.6 Å². The summed E-state index contributed by atoms with van der Waals surface area (Å²) in [4.78, 5) is 2.70. The molecule has 0 atom stereocenters. The molecule has 3 rings (SSSR count). The number of aryl methyl sites for hydroxylation is 3. The highest BCUT2D eigenvalue weighted by molar-refractivity contribution is 7.15. The van der Waals surface area contributed by atoms with E-state index in [2.05, 4.69) is 44.1 Å². The van der Waals surface area contributed by atoms with Crippen LogP contribution < -0.4 is 0 Å². The number of fused-ring (bicyclic) bond motifs is 1. The summed E-state index contributed by atoms with van der Waals surface area (Å²) in [5, 5.41) is 4.55. The lowest BCUT2D eigenvalue weighted by Gasteiger charge is -1.95. The van der Waals surface area contributed by atoms with Crippen molar-refractivity contribution >= 4 is 16.9 Å². The van der Waals surface area contributed by atoms with Gasteiger partial charge < -0.3 is 0 Å². The molecule has 3 aromatic rings. The van der Waals surface area contributed by atoms with Gasteiger partial charge in [0, 0.05) is 21.5 Å². The van der Waals surface area contributed by atoms with Crippen molar-refractivity contribution < 1.29 is 0 Å². The Morgan fingerprint density at radius 2 is 1.84 bits per heavy atom. The third-order valence-electron chi connectivity index (χ3n) is 3.13. The number of pyridine rings is 1. The monoisotopic (exact) mass is 272 g/mol. The summed E-state index contributed by atoms with van der Waals surface area (Å²) in [6.07, 6.45) is 2.00. The van der Waals surface area contributed by atoms with E-state index < -0.39 is 0 Å². The Balaban J connectivity index is 0.000000637. The van der Waals surface area contributed by atoms with Crippen LogP contribution in [0.15, 0.2) is 30.5 Å². The zero-order valence-electron chi connectivity index (χ0n) is 12.2. The topological polar surface area (TPSA) is 17.3 Å². The van der Waals surface area contributed by atoms with E-state index in [1.54, 1.807) is 0 Å². The van der Waals surface area contributed by atoms with E-state index in [-0.39, 0.29) is 0 Å². The second-order valence-corrected chi connectivity index (χ2v) is 5.60. The maximum atomic E-state index is 4.55. The zero-order valence-corrected chi connectivity index (χ0v) is 13.0. The van der Waals surface area contributed by atoms with Crippen LogP contribution in [-0.4, -0.2) is 9.61 Å². The van der Waals surface area contributed by atoms with Crippen molar-refractivity contribution in [1.29, 1.82) is 0 Å². The van der Waals surface area contributed by atoms with Crippen LogP contribution >= 0.6 is 11.3 Å². The first-order valence-corrected chi connectivity index (χ1v) is 7.50. The van der Waals surface area contributed by atoms with E-state index in [4.69, 9.17) is 0 Å². The van der Waals surface area contributed by atoms with Gasteiger partial charge in [-0.15, -0.1) is 11.3 Å². The third-order valence-corrected chi connectivity index (χ3v) is 4.30. The molecule has 2 nitrogen and oxygen atoms in total. The Bertz CT molecular complexity index is 672. The highest BCUT2D eigenvalue weighted by Crippen LogP contribution is 2.35. The third kappa shape index (κ3) is 2.43. The maximum Gasteiger partial charge on any atom is 0.0751 e. The van der Waals surface area contributed by atoms with Gasteiger partial charge in [-0.3, -0.25) is 0 Å². The second-order valence-electron chi connectivity index (χ2n) is 4.34. The lowest BCUT2D eigenvalue weighted by molar-refractivity contribution is 0.934. The molecule has 0 amide bonds. The summed E-state index contributed by atoms with van der Waals surface area (Å²) in [6.45, 7) is 10.4. The molecule has 0 saturated carbocycles. The van der Waals surface area contributed by atoms with Crippen LogP contribution in [0, 0.1) is 20.8 Å². The van der Waals surface area contributed by atoms with Crippen LogP contribution in [0.2, 0.25) is 0 Å². The summed E-state index contributed by atoms with van der Waals surface area (Å²) >= 11 is 1.85. The summed E-state index contributed by atoms with van der Waals surface area (Å²) in [5.74, 6) is 0. The SMILES string of the molecule is CC.Cc1cc(-c2c(C)nn3ccccc23)sc1C. The van der Waals surface area contributed by atoms with Crippen molar-refractivity contribution in [3.8, 4) is 10.4 Å². The summed E-state index contributed by atoms with van der Waals surface area (Å²) in [7, 11) is 0. The highest BCUT2D eigenvalue weighted by atomic mass is 32.1. The lowest BCUT2D eigenvalue weighted by Crippen LogP contribution is -1.83. The Kier molecular flexibility index (Phi) is 4.05. The standard InChI is InChI=1S/C14H14N2S.C2H6/c1-9-8-13(17-11(9)3)14-10(2)15-16-7-5-4-6-12(14)16;1-2/h4-8H,1-3H3;1-2H3. The predicted molar refractivity (Wildman–Crippen MR) is 84.1 cm³/mol. The van der Waals surface area contributed by atoms with Gasteiger partial charge in [0.2, 0.25) is 0 Å². The number of hydrogen-bond donors (Lipinski definition) is 0. The van der Waals surface area contributed by atoms with Crippen LogP contribution in [0.3, 0.4) is 0 Å². The van der Waals surface area contributed by atoms with Gasteiger partial charge in [0.25, 0.3) is 0 Å². The summed E-state index contributed by atoms with van der Waals surface area (Å²) in [5.41, 5.74) is 4.91. The molecule has 0 fully saturated rings. The van der Waals surface area contributed by atoms with Crippen molar-refractivity contribution in [2.24, 2.45) is 0 Å². The second kappa shape index (κ2) is 5.57. The van der Waals surface area contributed by atoms with Crippen molar-refractivity contribution in [3.63, 3.8) is 0 Å². The molecule has 0 spiro atoms. The average Bonchev–Trinajstić information content (AvgIpc) is 2.91. The fourth-order valence-electron chi connectivity index (χ4n) is 2.12. The van der Waals surface area contributed by atoms with Crippen LogP contribution in [0.4, 0.5) is 0 Å². The van der Waals surface area contributed by atoms with E-state index >= 15 is 0 Å². The molecular formula is C16H20N2S. The molecule has 0 bridgehead atoms. The lowest BCUT2D eigenvalue weighted by atomic mass is 10.1. The zero-order chi connectivity index (χ0) is 14.0. The van der Waals surface area contributed by atoms with Crippen molar-refractivity contribution in [1.82, 2.24) is 9.61 Å². The minimum absolute atomic E-state index is 1.09. The van der Waals surface area contributed by atoms with Gasteiger partial charge in [-0.1, -0.05) is 19.9 Å². The predicted octanol–water partition coefficient (Wildman–Crippen LogP) is 5.01. The van der Waals surface area contributed by atoms with Crippen LogP contribution in [-0.2, 0) is 0 Å². The average molecular weight is 272 g/mol. The highest BCUT2D eigenvalue weighted by Gasteiger charge is 2.13. The number of nitrogens with zero attached hydrogens (tertiary/aromatic N) is 2. The van der Waals surface area contributed by atoms with E-state index in [1.807, 2.05) is 42.0 Å². The molecular weight excluding hydrogens is 252 g/mol. The minimum atomic E-state index is 1.09. The molecule has 0 aliphatic carbocycles. The molecule has 3 heterocycles. The molecule has 3 aromatic heterocycles. The van der Waals surface area contributed by atoms with Crippen LogP contribution in [0.5, 0.6) is 0 Å². The van der Waals surface area contributed by atoms with E-state index in [0.29, 0.717) is 0 Å². The molecule has 100 valence electrons. The Morgan fingerprint density at radius 1 is 1.11 bits per heavy atom. The molecule has 0 aliphatic rings. The van der Waals surface area contributed by atoms with Gasteiger partial charge in [0.05, 0.1) is 11.2 Å². The van der Waals surface area contributed by atoms with Gasteiger partial charge in [0.15, 0.2) is 0 Å².